The third kappa shape index (κ3) is 8.97. The third-order valence-corrected chi connectivity index (χ3v) is 1.11. The smallest absolute Gasteiger partial charge is 0.370 e. The van der Waals surface area contributed by atoms with E-state index in [1.807, 2.05) is 13.8 Å². The number of hydrogen-bond acceptors (Lipinski definition) is 1. The van der Waals surface area contributed by atoms with E-state index in [0.717, 1.165) is 0 Å². The summed E-state index contributed by atoms with van der Waals surface area (Å²) in [7, 11) is 0. The van der Waals surface area contributed by atoms with Crippen LogP contribution in [0.3, 0.4) is 0 Å². The van der Waals surface area contributed by atoms with Crippen molar-refractivity contribution in [2.45, 2.75) is 32.5 Å². The predicted octanol–water partition coefficient (Wildman–Crippen LogP) is 1.25. The molecule has 0 radical (unpaired) electrons. The Bertz CT molecular complexity index is 174. The molecule has 0 spiro atoms. The van der Waals surface area contributed by atoms with E-state index in [2.05, 4.69) is 10.3 Å². The fourth-order valence-corrected chi connectivity index (χ4v) is 0.645. The zero-order chi connectivity index (χ0) is 10.5. The highest BCUT2D eigenvalue weighted by atomic mass is 19.4. The number of halogens is 3. The second-order valence-corrected chi connectivity index (χ2v) is 2.93. The summed E-state index contributed by atoms with van der Waals surface area (Å²) in [5.41, 5.74) is 5.28. The molecule has 0 aliphatic carbocycles. The maximum absolute atomic E-state index is 11.6. The first-order valence-electron chi connectivity index (χ1n) is 3.94. The lowest BCUT2D eigenvalue weighted by Gasteiger charge is -2.08. The Hall–Kier alpha value is -0.940. The van der Waals surface area contributed by atoms with E-state index in [1.165, 1.54) is 0 Å². The Labute approximate surface area is 75.2 Å². The molecule has 0 saturated heterocycles. The minimum absolute atomic E-state index is 0.0549. The highest BCUT2D eigenvalue weighted by Gasteiger charge is 2.26. The third-order valence-electron chi connectivity index (χ3n) is 1.11. The molecule has 0 amide bonds. The standard InChI is InChI=1S/C7H14F3N3/c1-5(2)13-6(11)12-4-3-7(8,9)10/h5H,3-4H2,1-2H3,(H3,11,12,13). The van der Waals surface area contributed by atoms with E-state index < -0.39 is 12.6 Å². The van der Waals surface area contributed by atoms with Gasteiger partial charge in [-0.1, -0.05) is 0 Å². The van der Waals surface area contributed by atoms with Crippen molar-refractivity contribution in [3.05, 3.63) is 0 Å². The van der Waals surface area contributed by atoms with Gasteiger partial charge in [0.25, 0.3) is 0 Å². The molecular weight excluding hydrogens is 183 g/mol. The number of aliphatic imine (C=N–C) groups is 1. The second-order valence-electron chi connectivity index (χ2n) is 2.93. The molecular formula is C7H14F3N3. The quantitative estimate of drug-likeness (QED) is 0.528. The average molecular weight is 197 g/mol. The second kappa shape index (κ2) is 4.94. The van der Waals surface area contributed by atoms with Gasteiger partial charge >= 0.3 is 6.18 Å². The van der Waals surface area contributed by atoms with Crippen molar-refractivity contribution in [3.8, 4) is 0 Å². The molecule has 0 aromatic rings. The van der Waals surface area contributed by atoms with Crippen molar-refractivity contribution in [2.24, 2.45) is 10.7 Å². The van der Waals surface area contributed by atoms with Crippen LogP contribution in [-0.4, -0.2) is 24.7 Å². The molecule has 0 aliphatic heterocycles. The van der Waals surface area contributed by atoms with Gasteiger partial charge in [-0.25, -0.2) is 0 Å². The largest absolute Gasteiger partial charge is 0.390 e. The topological polar surface area (TPSA) is 50.4 Å². The van der Waals surface area contributed by atoms with Crippen molar-refractivity contribution >= 4 is 5.96 Å². The van der Waals surface area contributed by atoms with Gasteiger partial charge in [0.2, 0.25) is 0 Å². The van der Waals surface area contributed by atoms with Crippen LogP contribution in [-0.2, 0) is 0 Å². The molecule has 0 aliphatic rings. The van der Waals surface area contributed by atoms with Crippen LogP contribution in [0, 0.1) is 0 Å². The van der Waals surface area contributed by atoms with Gasteiger partial charge in [0.05, 0.1) is 13.0 Å². The van der Waals surface area contributed by atoms with Gasteiger partial charge in [-0.15, -0.1) is 0 Å². The Morgan fingerprint density at radius 3 is 2.38 bits per heavy atom. The average Bonchev–Trinajstić information content (AvgIpc) is 1.81. The van der Waals surface area contributed by atoms with Gasteiger partial charge in [-0.3, -0.25) is 4.99 Å². The van der Waals surface area contributed by atoms with E-state index >= 15 is 0 Å². The number of guanidine groups is 1. The number of nitrogens with two attached hydrogens (primary N) is 1. The van der Waals surface area contributed by atoms with E-state index in [4.69, 9.17) is 5.73 Å². The Morgan fingerprint density at radius 2 is 2.00 bits per heavy atom. The Kier molecular flexibility index (Phi) is 4.58. The van der Waals surface area contributed by atoms with Crippen LogP contribution in [0.5, 0.6) is 0 Å². The molecule has 0 aromatic carbocycles. The van der Waals surface area contributed by atoms with E-state index in [-0.39, 0.29) is 18.5 Å². The first-order valence-corrected chi connectivity index (χ1v) is 3.94. The number of alkyl halides is 3. The zero-order valence-corrected chi connectivity index (χ0v) is 7.65. The Balaban J connectivity index is 3.72. The van der Waals surface area contributed by atoms with Gasteiger partial charge in [-0.05, 0) is 13.8 Å². The van der Waals surface area contributed by atoms with E-state index in [9.17, 15) is 13.2 Å². The van der Waals surface area contributed by atoms with Crippen LogP contribution in [0.15, 0.2) is 4.99 Å². The summed E-state index contributed by atoms with van der Waals surface area (Å²) in [6.45, 7) is 3.33. The molecule has 0 atom stereocenters. The first-order chi connectivity index (χ1) is 5.81. The predicted molar refractivity (Wildman–Crippen MR) is 45.4 cm³/mol. The molecule has 0 aromatic heterocycles. The lowest BCUT2D eigenvalue weighted by atomic mass is 10.4. The minimum atomic E-state index is -4.17. The number of nitrogens with one attached hydrogen (secondary N) is 1. The molecule has 0 saturated carbocycles. The van der Waals surface area contributed by atoms with E-state index in [1.54, 1.807) is 0 Å². The first kappa shape index (κ1) is 12.1. The van der Waals surface area contributed by atoms with Crippen molar-refractivity contribution in [3.63, 3.8) is 0 Å². The number of nitrogens with zero attached hydrogens (tertiary/aromatic N) is 1. The molecule has 3 nitrogen and oxygen atoms in total. The molecule has 0 rings (SSSR count). The maximum Gasteiger partial charge on any atom is 0.390 e. The fourth-order valence-electron chi connectivity index (χ4n) is 0.645. The summed E-state index contributed by atoms with van der Waals surface area (Å²) in [6.07, 6.45) is -5.10. The molecule has 3 N–H and O–H groups in total. The molecule has 0 fully saturated rings. The van der Waals surface area contributed by atoms with E-state index in [0.29, 0.717) is 0 Å². The van der Waals surface area contributed by atoms with Crippen molar-refractivity contribution in [1.29, 1.82) is 0 Å². The van der Waals surface area contributed by atoms with Crippen LogP contribution in [0.25, 0.3) is 0 Å². The summed E-state index contributed by atoms with van der Waals surface area (Å²) >= 11 is 0. The summed E-state index contributed by atoms with van der Waals surface area (Å²) in [5.74, 6) is 0.0549. The highest BCUT2D eigenvalue weighted by molar-refractivity contribution is 5.77. The molecule has 0 heterocycles. The molecule has 13 heavy (non-hydrogen) atoms. The SMILES string of the molecule is CC(C)NC(N)=NCCC(F)(F)F. The lowest BCUT2D eigenvalue weighted by Crippen LogP contribution is -2.37. The lowest BCUT2D eigenvalue weighted by molar-refractivity contribution is -0.132. The molecule has 78 valence electrons. The van der Waals surface area contributed by atoms with Crippen LogP contribution < -0.4 is 11.1 Å². The molecule has 0 bridgehead atoms. The van der Waals surface area contributed by atoms with Gasteiger partial charge in [0.1, 0.15) is 0 Å². The van der Waals surface area contributed by atoms with Crippen molar-refractivity contribution in [1.82, 2.24) is 5.32 Å². The van der Waals surface area contributed by atoms with Crippen LogP contribution in [0.1, 0.15) is 20.3 Å². The summed E-state index contributed by atoms with van der Waals surface area (Å²) in [6, 6.07) is 0.0784. The minimum Gasteiger partial charge on any atom is -0.370 e. The summed E-state index contributed by atoms with van der Waals surface area (Å²) in [4.78, 5) is 3.51. The monoisotopic (exact) mass is 197 g/mol. The maximum atomic E-state index is 11.6. The zero-order valence-electron chi connectivity index (χ0n) is 7.65. The normalized spacial score (nSPS) is 13.5. The van der Waals surface area contributed by atoms with Crippen molar-refractivity contribution < 1.29 is 13.2 Å². The van der Waals surface area contributed by atoms with Crippen LogP contribution in [0.4, 0.5) is 13.2 Å². The number of hydrogen-bond donors (Lipinski definition) is 2. The van der Waals surface area contributed by atoms with Crippen LogP contribution >= 0.6 is 0 Å². The molecule has 6 heteroatoms. The van der Waals surface area contributed by atoms with Gasteiger partial charge in [0.15, 0.2) is 5.96 Å². The van der Waals surface area contributed by atoms with Gasteiger partial charge in [-0.2, -0.15) is 13.2 Å². The number of rotatable bonds is 3. The molecule has 0 unspecified atom stereocenters. The van der Waals surface area contributed by atoms with Crippen LogP contribution in [0.2, 0.25) is 0 Å². The fraction of sp³-hybridized carbons (Fsp3) is 0.857. The Morgan fingerprint density at radius 1 is 1.46 bits per heavy atom. The summed E-state index contributed by atoms with van der Waals surface area (Å²) in [5, 5.41) is 2.69. The van der Waals surface area contributed by atoms with Crippen molar-refractivity contribution in [2.75, 3.05) is 6.54 Å². The summed E-state index contributed by atoms with van der Waals surface area (Å²) < 4.78 is 34.9. The van der Waals surface area contributed by atoms with Gasteiger partial charge in [0, 0.05) is 6.04 Å². The van der Waals surface area contributed by atoms with Gasteiger partial charge < -0.3 is 11.1 Å². The highest BCUT2D eigenvalue weighted by Crippen LogP contribution is 2.18.